The van der Waals surface area contributed by atoms with Gasteiger partial charge in [0.05, 0.1) is 11.6 Å². The van der Waals surface area contributed by atoms with Gasteiger partial charge in [0.1, 0.15) is 0 Å². The molecule has 5 nitrogen and oxygen atoms in total. The molecule has 0 saturated carbocycles. The van der Waals surface area contributed by atoms with Crippen molar-refractivity contribution in [1.29, 1.82) is 0 Å². The first-order chi connectivity index (χ1) is 8.91. The van der Waals surface area contributed by atoms with Gasteiger partial charge in [0.2, 0.25) is 5.91 Å². The van der Waals surface area contributed by atoms with Crippen LogP contribution in [0.15, 0.2) is 0 Å². The van der Waals surface area contributed by atoms with Crippen LogP contribution in [-0.2, 0) is 4.79 Å². The summed E-state index contributed by atoms with van der Waals surface area (Å²) in [5, 5.41) is 13.4. The number of hydrogen-bond donors (Lipinski definition) is 2. The van der Waals surface area contributed by atoms with Crippen molar-refractivity contribution in [3.63, 3.8) is 0 Å². The molecule has 1 fully saturated rings. The fourth-order valence-corrected chi connectivity index (χ4v) is 2.50. The predicted octanol–water partition coefficient (Wildman–Crippen LogP) is 0.290. The minimum absolute atomic E-state index is 0.0270. The number of carbonyl (C=O) groups excluding carboxylic acids is 1. The van der Waals surface area contributed by atoms with E-state index >= 15 is 0 Å². The van der Waals surface area contributed by atoms with Crippen molar-refractivity contribution in [1.82, 2.24) is 15.1 Å². The van der Waals surface area contributed by atoms with Crippen LogP contribution in [0.1, 0.15) is 33.1 Å². The van der Waals surface area contributed by atoms with Gasteiger partial charge in [-0.25, -0.2) is 0 Å². The highest BCUT2D eigenvalue weighted by Gasteiger charge is 2.32. The molecule has 0 aromatic rings. The summed E-state index contributed by atoms with van der Waals surface area (Å²) in [4.78, 5) is 16.4. The molecule has 1 aliphatic rings. The van der Waals surface area contributed by atoms with Crippen LogP contribution in [0.5, 0.6) is 0 Å². The molecular formula is C14H29N3O2. The molecule has 0 aromatic carbocycles. The van der Waals surface area contributed by atoms with E-state index in [0.29, 0.717) is 6.54 Å². The highest BCUT2D eigenvalue weighted by atomic mass is 16.3. The van der Waals surface area contributed by atoms with E-state index in [2.05, 4.69) is 17.3 Å². The van der Waals surface area contributed by atoms with Gasteiger partial charge in [-0.3, -0.25) is 9.69 Å². The molecular weight excluding hydrogens is 242 g/mol. The molecule has 0 aromatic heterocycles. The van der Waals surface area contributed by atoms with Gasteiger partial charge in [-0.15, -0.1) is 0 Å². The van der Waals surface area contributed by atoms with Gasteiger partial charge in [-0.1, -0.05) is 13.8 Å². The number of piperidine rings is 1. The highest BCUT2D eigenvalue weighted by molar-refractivity contribution is 5.81. The van der Waals surface area contributed by atoms with E-state index in [1.54, 1.807) is 0 Å². The minimum atomic E-state index is -0.731. The lowest BCUT2D eigenvalue weighted by Crippen LogP contribution is -2.53. The number of likely N-dealkylation sites (tertiary alicyclic amines) is 1. The Morgan fingerprint density at radius 2 is 2.00 bits per heavy atom. The number of nitrogens with one attached hydrogen (secondary N) is 1. The molecule has 5 heteroatoms. The number of rotatable bonds is 6. The lowest BCUT2D eigenvalue weighted by Gasteiger charge is -2.37. The SMILES string of the molecule is CCC(C(=O)NCC1(O)CCN(C)CC1)N(C)CC. The lowest BCUT2D eigenvalue weighted by atomic mass is 9.91. The van der Waals surface area contributed by atoms with E-state index in [1.807, 2.05) is 25.8 Å². The zero-order valence-electron chi connectivity index (χ0n) is 12.8. The van der Waals surface area contributed by atoms with E-state index in [-0.39, 0.29) is 11.9 Å². The van der Waals surface area contributed by atoms with Crippen LogP contribution in [0.4, 0.5) is 0 Å². The van der Waals surface area contributed by atoms with Crippen LogP contribution >= 0.6 is 0 Å². The molecule has 2 N–H and O–H groups in total. The number of nitrogens with zero attached hydrogens (tertiary/aromatic N) is 2. The maximum Gasteiger partial charge on any atom is 0.237 e. The van der Waals surface area contributed by atoms with Gasteiger partial charge >= 0.3 is 0 Å². The summed E-state index contributed by atoms with van der Waals surface area (Å²) in [5.74, 6) is 0.0270. The molecule has 1 atom stereocenters. The fourth-order valence-electron chi connectivity index (χ4n) is 2.50. The largest absolute Gasteiger partial charge is 0.388 e. The summed E-state index contributed by atoms with van der Waals surface area (Å²) < 4.78 is 0. The molecule has 0 spiro atoms. The van der Waals surface area contributed by atoms with Crippen molar-refractivity contribution < 1.29 is 9.90 Å². The van der Waals surface area contributed by atoms with Crippen LogP contribution in [-0.4, -0.2) is 72.7 Å². The van der Waals surface area contributed by atoms with E-state index in [0.717, 1.165) is 38.9 Å². The third-order valence-electron chi connectivity index (χ3n) is 4.23. The number of carbonyl (C=O) groups is 1. The van der Waals surface area contributed by atoms with Crippen molar-refractivity contribution >= 4 is 5.91 Å². The quantitative estimate of drug-likeness (QED) is 0.729. The number of likely N-dealkylation sites (N-methyl/N-ethyl adjacent to an activating group) is 1. The van der Waals surface area contributed by atoms with Gasteiger partial charge in [-0.05, 0) is 39.9 Å². The van der Waals surface area contributed by atoms with Gasteiger partial charge in [0.25, 0.3) is 0 Å². The second kappa shape index (κ2) is 7.22. The number of hydrogen-bond acceptors (Lipinski definition) is 4. The topological polar surface area (TPSA) is 55.8 Å². The van der Waals surface area contributed by atoms with Gasteiger partial charge in [-0.2, -0.15) is 0 Å². The normalized spacial score (nSPS) is 21.4. The average Bonchev–Trinajstić information content (AvgIpc) is 2.41. The van der Waals surface area contributed by atoms with Crippen molar-refractivity contribution in [3.05, 3.63) is 0 Å². The Kier molecular flexibility index (Phi) is 6.23. The molecule has 0 radical (unpaired) electrons. The van der Waals surface area contributed by atoms with Crippen LogP contribution in [0.25, 0.3) is 0 Å². The Morgan fingerprint density at radius 1 is 1.42 bits per heavy atom. The van der Waals surface area contributed by atoms with E-state index in [1.165, 1.54) is 0 Å². The van der Waals surface area contributed by atoms with Crippen molar-refractivity contribution in [2.24, 2.45) is 0 Å². The number of amides is 1. The molecule has 1 unspecified atom stereocenters. The Bertz CT molecular complexity index is 288. The average molecular weight is 271 g/mol. The Hall–Kier alpha value is -0.650. The van der Waals surface area contributed by atoms with Crippen LogP contribution in [0, 0.1) is 0 Å². The third kappa shape index (κ3) is 4.75. The number of aliphatic hydroxyl groups is 1. The summed E-state index contributed by atoms with van der Waals surface area (Å²) in [7, 11) is 4.01. The molecule has 1 saturated heterocycles. The van der Waals surface area contributed by atoms with Crippen molar-refractivity contribution in [3.8, 4) is 0 Å². The maximum absolute atomic E-state index is 12.1. The second-order valence-electron chi connectivity index (χ2n) is 5.74. The molecule has 112 valence electrons. The summed E-state index contributed by atoms with van der Waals surface area (Å²) in [6.07, 6.45) is 2.24. The van der Waals surface area contributed by atoms with Gasteiger partial charge in [0.15, 0.2) is 0 Å². The molecule has 19 heavy (non-hydrogen) atoms. The standard InChI is InChI=1S/C14H29N3O2/c1-5-12(17(4)6-2)13(18)15-11-14(19)7-9-16(3)10-8-14/h12,19H,5-11H2,1-4H3,(H,15,18). The van der Waals surface area contributed by atoms with Crippen molar-refractivity contribution in [2.75, 3.05) is 40.3 Å². The smallest absolute Gasteiger partial charge is 0.237 e. The van der Waals surface area contributed by atoms with E-state index in [4.69, 9.17) is 0 Å². The molecule has 0 bridgehead atoms. The first-order valence-corrected chi connectivity index (χ1v) is 7.30. The molecule has 1 aliphatic heterocycles. The first-order valence-electron chi connectivity index (χ1n) is 7.30. The highest BCUT2D eigenvalue weighted by Crippen LogP contribution is 2.20. The summed E-state index contributed by atoms with van der Waals surface area (Å²) in [5.41, 5.74) is -0.731. The molecule has 1 heterocycles. The minimum Gasteiger partial charge on any atom is -0.388 e. The second-order valence-corrected chi connectivity index (χ2v) is 5.74. The molecule has 0 aliphatic carbocycles. The van der Waals surface area contributed by atoms with E-state index in [9.17, 15) is 9.90 Å². The van der Waals surface area contributed by atoms with Crippen molar-refractivity contribution in [2.45, 2.75) is 44.8 Å². The van der Waals surface area contributed by atoms with Gasteiger partial charge in [0, 0.05) is 19.6 Å². The Morgan fingerprint density at radius 3 is 2.47 bits per heavy atom. The summed E-state index contributed by atoms with van der Waals surface area (Å²) in [6.45, 7) is 7.05. The Balaban J connectivity index is 2.44. The summed E-state index contributed by atoms with van der Waals surface area (Å²) in [6, 6.07) is -0.0973. The Labute approximate surface area is 117 Å². The predicted molar refractivity (Wildman–Crippen MR) is 77.1 cm³/mol. The first kappa shape index (κ1) is 16.4. The maximum atomic E-state index is 12.1. The zero-order chi connectivity index (χ0) is 14.5. The van der Waals surface area contributed by atoms with Crippen LogP contribution in [0.2, 0.25) is 0 Å². The summed E-state index contributed by atoms with van der Waals surface area (Å²) >= 11 is 0. The lowest BCUT2D eigenvalue weighted by molar-refractivity contribution is -0.127. The molecule has 1 rings (SSSR count). The van der Waals surface area contributed by atoms with Crippen LogP contribution in [0.3, 0.4) is 0 Å². The fraction of sp³-hybridized carbons (Fsp3) is 0.929. The zero-order valence-corrected chi connectivity index (χ0v) is 12.8. The van der Waals surface area contributed by atoms with E-state index < -0.39 is 5.60 Å². The monoisotopic (exact) mass is 271 g/mol. The molecule has 1 amide bonds. The van der Waals surface area contributed by atoms with Gasteiger partial charge < -0.3 is 15.3 Å². The van der Waals surface area contributed by atoms with Crippen LogP contribution < -0.4 is 5.32 Å². The third-order valence-corrected chi connectivity index (χ3v) is 4.23.